The maximum Gasteiger partial charge on any atom is 0.373 e. The number of aromatic carboxylic acids is 1. The van der Waals surface area contributed by atoms with Gasteiger partial charge in [-0.1, -0.05) is 32.4 Å². The van der Waals surface area contributed by atoms with E-state index in [4.69, 9.17) is 21.1 Å². The Bertz CT molecular complexity index is 886. The van der Waals surface area contributed by atoms with Crippen LogP contribution in [0.1, 0.15) is 37.0 Å². The summed E-state index contributed by atoms with van der Waals surface area (Å²) in [7, 11) is -2.23. The summed E-state index contributed by atoms with van der Waals surface area (Å²) in [6.07, 6.45) is 1.07. The van der Waals surface area contributed by atoms with Gasteiger partial charge in [0.2, 0.25) is 5.82 Å². The number of carbonyl (C=O) groups is 1. The third-order valence-electron chi connectivity index (χ3n) is 4.76. The van der Waals surface area contributed by atoms with Crippen LogP contribution in [0.25, 0.3) is 11.3 Å². The van der Waals surface area contributed by atoms with Gasteiger partial charge in [0, 0.05) is 11.1 Å². The van der Waals surface area contributed by atoms with E-state index in [1.54, 1.807) is 0 Å². The van der Waals surface area contributed by atoms with Gasteiger partial charge in [-0.15, -0.1) is 0 Å². The van der Waals surface area contributed by atoms with E-state index in [0.717, 1.165) is 12.3 Å². The van der Waals surface area contributed by atoms with E-state index >= 15 is 4.39 Å². The van der Waals surface area contributed by atoms with E-state index in [9.17, 15) is 9.18 Å². The van der Waals surface area contributed by atoms with Crippen molar-refractivity contribution >= 4 is 25.9 Å². The Labute approximate surface area is 162 Å². The van der Waals surface area contributed by atoms with Crippen molar-refractivity contribution in [3.63, 3.8) is 0 Å². The minimum atomic E-state index is -2.23. The van der Waals surface area contributed by atoms with E-state index in [-0.39, 0.29) is 33.5 Å². The van der Waals surface area contributed by atoms with Crippen LogP contribution >= 0.6 is 11.6 Å². The molecule has 0 saturated carbocycles. The second kappa shape index (κ2) is 7.61. The quantitative estimate of drug-likeness (QED) is 0.672. The predicted octanol–water partition coefficient (Wildman–Crippen LogP) is 5.30. The van der Waals surface area contributed by atoms with Crippen LogP contribution in [0.3, 0.4) is 0 Å². The maximum absolute atomic E-state index is 15.0. The monoisotopic (exact) mass is 414 g/mol. The zero-order valence-electron chi connectivity index (χ0n) is 15.7. The second-order valence-electron chi connectivity index (χ2n) is 7.63. The molecule has 1 N–H and O–H groups in total. The first-order valence-electron chi connectivity index (χ1n) is 8.22. The van der Waals surface area contributed by atoms with Crippen molar-refractivity contribution in [2.45, 2.75) is 45.5 Å². The van der Waals surface area contributed by atoms with Crippen LogP contribution in [0.5, 0.6) is 0 Å². The van der Waals surface area contributed by atoms with Gasteiger partial charge in [0.15, 0.2) is 8.32 Å². The van der Waals surface area contributed by atoms with Gasteiger partial charge < -0.3 is 9.53 Å². The Balaban J connectivity index is 2.47. The molecular formula is C18H21ClF2N2O3Si. The van der Waals surface area contributed by atoms with Crippen molar-refractivity contribution in [2.75, 3.05) is 0 Å². The highest BCUT2D eigenvalue weighted by atomic mass is 35.5. The maximum atomic E-state index is 15.0. The van der Waals surface area contributed by atoms with Crippen LogP contribution in [0, 0.1) is 11.6 Å². The SMILES string of the molecule is CC(C)(C)[Si](C)(C)OCc1c(F)ccc(-c2nc(C(=O)O)ncc2Cl)c1F. The highest BCUT2D eigenvalue weighted by molar-refractivity contribution is 6.74. The lowest BCUT2D eigenvalue weighted by Gasteiger charge is -2.36. The van der Waals surface area contributed by atoms with Gasteiger partial charge in [-0.25, -0.2) is 23.5 Å². The average molecular weight is 415 g/mol. The normalized spacial score (nSPS) is 12.3. The topological polar surface area (TPSA) is 72.3 Å². The summed E-state index contributed by atoms with van der Waals surface area (Å²) in [6.45, 7) is 9.79. The molecule has 2 rings (SSSR count). The second-order valence-corrected chi connectivity index (χ2v) is 12.8. The van der Waals surface area contributed by atoms with E-state index in [2.05, 4.69) is 9.97 Å². The largest absolute Gasteiger partial charge is 0.475 e. The number of carboxylic acid groups (broad SMARTS) is 1. The number of aromatic nitrogens is 2. The Morgan fingerprint density at radius 1 is 1.30 bits per heavy atom. The van der Waals surface area contributed by atoms with E-state index in [0.29, 0.717) is 0 Å². The fraction of sp³-hybridized carbons (Fsp3) is 0.389. The molecule has 27 heavy (non-hydrogen) atoms. The van der Waals surface area contributed by atoms with Crippen molar-refractivity contribution in [1.29, 1.82) is 0 Å². The summed E-state index contributed by atoms with van der Waals surface area (Å²) in [5.41, 5.74) is -0.473. The van der Waals surface area contributed by atoms with Crippen LogP contribution in [0.4, 0.5) is 8.78 Å². The van der Waals surface area contributed by atoms with E-state index < -0.39 is 31.7 Å². The summed E-state index contributed by atoms with van der Waals surface area (Å²) in [4.78, 5) is 18.4. The highest BCUT2D eigenvalue weighted by Gasteiger charge is 2.37. The van der Waals surface area contributed by atoms with Gasteiger partial charge in [0.25, 0.3) is 0 Å². The first kappa shape index (κ1) is 21.4. The number of benzene rings is 1. The van der Waals surface area contributed by atoms with Crippen molar-refractivity contribution < 1.29 is 23.1 Å². The van der Waals surface area contributed by atoms with Crippen LogP contribution in [-0.2, 0) is 11.0 Å². The van der Waals surface area contributed by atoms with Crippen molar-refractivity contribution in [2.24, 2.45) is 0 Å². The molecule has 2 aromatic rings. The molecule has 0 aliphatic heterocycles. The molecular weight excluding hydrogens is 394 g/mol. The third-order valence-corrected chi connectivity index (χ3v) is 9.52. The minimum Gasteiger partial charge on any atom is -0.475 e. The molecule has 0 radical (unpaired) electrons. The molecule has 5 nitrogen and oxygen atoms in total. The van der Waals surface area contributed by atoms with Crippen LogP contribution in [0.2, 0.25) is 23.2 Å². The summed E-state index contributed by atoms with van der Waals surface area (Å²) in [5.74, 6) is -3.54. The van der Waals surface area contributed by atoms with E-state index in [1.165, 1.54) is 6.07 Å². The van der Waals surface area contributed by atoms with E-state index in [1.807, 2.05) is 33.9 Å². The molecule has 0 bridgehead atoms. The molecule has 0 aliphatic rings. The smallest absolute Gasteiger partial charge is 0.373 e. The number of rotatable bonds is 5. The van der Waals surface area contributed by atoms with Crippen LogP contribution in [0.15, 0.2) is 18.3 Å². The molecule has 0 spiro atoms. The lowest BCUT2D eigenvalue weighted by atomic mass is 10.1. The molecule has 146 valence electrons. The molecule has 1 aromatic heterocycles. The van der Waals surface area contributed by atoms with Crippen molar-refractivity contribution in [3.05, 3.63) is 46.4 Å². The first-order valence-corrected chi connectivity index (χ1v) is 11.5. The molecule has 0 aliphatic carbocycles. The molecule has 0 fully saturated rings. The number of hydrogen-bond donors (Lipinski definition) is 1. The van der Waals surface area contributed by atoms with Crippen LogP contribution in [-0.4, -0.2) is 29.4 Å². The lowest BCUT2D eigenvalue weighted by Crippen LogP contribution is -2.40. The van der Waals surface area contributed by atoms with Gasteiger partial charge in [-0.05, 0) is 30.3 Å². The fourth-order valence-corrected chi connectivity index (χ4v) is 3.17. The standard InChI is InChI=1S/C18H21ClF2N2O3Si/c1-18(2,3)27(4,5)26-9-11-13(20)7-6-10(14(11)21)15-12(19)8-22-16(23-15)17(24)25/h6-8H,9H2,1-5H3,(H,24,25). The average Bonchev–Trinajstić information content (AvgIpc) is 2.54. The molecule has 1 aromatic carbocycles. The zero-order valence-corrected chi connectivity index (χ0v) is 17.5. The number of halogens is 3. The summed E-state index contributed by atoms with van der Waals surface area (Å²) in [6, 6.07) is 2.25. The number of nitrogens with zero attached hydrogens (tertiary/aromatic N) is 2. The highest BCUT2D eigenvalue weighted by Crippen LogP contribution is 2.38. The molecule has 0 saturated heterocycles. The summed E-state index contributed by atoms with van der Waals surface area (Å²) in [5, 5.41) is 8.87. The Kier molecular flexibility index (Phi) is 6.03. The lowest BCUT2D eigenvalue weighted by molar-refractivity contribution is 0.0683. The molecule has 0 amide bonds. The Morgan fingerprint density at radius 2 is 1.93 bits per heavy atom. The zero-order chi connectivity index (χ0) is 20.6. The third kappa shape index (κ3) is 4.51. The molecule has 1 heterocycles. The predicted molar refractivity (Wildman–Crippen MR) is 101 cm³/mol. The molecule has 0 unspecified atom stereocenters. The van der Waals surface area contributed by atoms with Gasteiger partial charge in [0.1, 0.15) is 11.6 Å². The Hall–Kier alpha value is -1.90. The Morgan fingerprint density at radius 3 is 2.48 bits per heavy atom. The fourth-order valence-electron chi connectivity index (χ4n) is 2.04. The first-order chi connectivity index (χ1) is 12.3. The van der Waals surface area contributed by atoms with Crippen LogP contribution < -0.4 is 0 Å². The molecule has 0 atom stereocenters. The molecule has 9 heteroatoms. The summed E-state index contributed by atoms with van der Waals surface area (Å²) < 4.78 is 35.2. The minimum absolute atomic E-state index is 0.0400. The van der Waals surface area contributed by atoms with Gasteiger partial charge in [-0.3, -0.25) is 0 Å². The van der Waals surface area contributed by atoms with Crippen molar-refractivity contribution in [3.8, 4) is 11.3 Å². The number of carboxylic acids is 1. The number of hydrogen-bond acceptors (Lipinski definition) is 4. The van der Waals surface area contributed by atoms with Gasteiger partial charge >= 0.3 is 5.97 Å². The van der Waals surface area contributed by atoms with Crippen molar-refractivity contribution in [1.82, 2.24) is 9.97 Å². The summed E-state index contributed by atoms with van der Waals surface area (Å²) >= 11 is 6.01. The van der Waals surface area contributed by atoms with Gasteiger partial charge in [-0.2, -0.15) is 0 Å². The van der Waals surface area contributed by atoms with Gasteiger partial charge in [0.05, 0.1) is 23.5 Å².